The molecule has 2 aromatic carbocycles. The van der Waals surface area contributed by atoms with E-state index in [1.165, 1.54) is 13.2 Å². The molecule has 188 valence electrons. The van der Waals surface area contributed by atoms with Crippen LogP contribution < -0.4 is 14.9 Å². The van der Waals surface area contributed by atoms with E-state index in [0.717, 1.165) is 18.2 Å². The fourth-order valence-corrected chi connectivity index (χ4v) is 3.69. The fraction of sp³-hybridized carbons (Fsp3) is 0.318. The Morgan fingerprint density at radius 1 is 0.943 bits per heavy atom. The zero-order valence-electron chi connectivity index (χ0n) is 18.0. The number of aromatic hydroxyl groups is 4. The summed E-state index contributed by atoms with van der Waals surface area (Å²) in [6.45, 7) is -0.724. The molecule has 8 N–H and O–H groups in total. The monoisotopic (exact) mass is 494 g/mol. The molecule has 1 fully saturated rings. The van der Waals surface area contributed by atoms with Gasteiger partial charge in [-0.3, -0.25) is 4.79 Å². The van der Waals surface area contributed by atoms with Crippen molar-refractivity contribution in [1.82, 2.24) is 0 Å². The van der Waals surface area contributed by atoms with Crippen molar-refractivity contribution in [2.45, 2.75) is 30.7 Å². The van der Waals surface area contributed by atoms with Gasteiger partial charge in [0.2, 0.25) is 23.2 Å². The first kappa shape index (κ1) is 24.4. The van der Waals surface area contributed by atoms with Gasteiger partial charge in [-0.2, -0.15) is 0 Å². The Kier molecular flexibility index (Phi) is 6.36. The van der Waals surface area contributed by atoms with Gasteiger partial charge in [-0.15, -0.1) is 0 Å². The van der Waals surface area contributed by atoms with Crippen LogP contribution in [0.5, 0.6) is 34.5 Å². The first-order valence-corrected chi connectivity index (χ1v) is 10.2. The van der Waals surface area contributed by atoms with Gasteiger partial charge in [-0.25, -0.2) is 0 Å². The van der Waals surface area contributed by atoms with Crippen LogP contribution in [-0.4, -0.2) is 85.3 Å². The van der Waals surface area contributed by atoms with Crippen LogP contribution in [-0.2, 0) is 4.74 Å². The number of benzene rings is 2. The Bertz CT molecular complexity index is 1320. The van der Waals surface area contributed by atoms with E-state index in [1.54, 1.807) is 0 Å². The number of fused-ring (bicyclic) bond motifs is 1. The van der Waals surface area contributed by atoms with Gasteiger partial charge in [0.1, 0.15) is 35.4 Å². The lowest BCUT2D eigenvalue weighted by Gasteiger charge is -2.39. The van der Waals surface area contributed by atoms with Crippen molar-refractivity contribution < 1.29 is 59.5 Å². The average Bonchev–Trinajstić information content (AvgIpc) is 2.84. The molecule has 13 heteroatoms. The third kappa shape index (κ3) is 4.05. The van der Waals surface area contributed by atoms with E-state index in [2.05, 4.69) is 0 Å². The smallest absolute Gasteiger partial charge is 0.238 e. The van der Waals surface area contributed by atoms with Crippen LogP contribution in [0, 0.1) is 0 Å². The molecule has 13 nitrogen and oxygen atoms in total. The van der Waals surface area contributed by atoms with E-state index in [0.29, 0.717) is 0 Å². The molecule has 1 aromatic heterocycles. The summed E-state index contributed by atoms with van der Waals surface area (Å²) in [5, 5.41) is 79.5. The minimum absolute atomic E-state index is 0.0388. The lowest BCUT2D eigenvalue weighted by atomic mass is 9.99. The number of rotatable bonds is 5. The second kappa shape index (κ2) is 9.13. The van der Waals surface area contributed by atoms with Crippen LogP contribution >= 0.6 is 0 Å². The van der Waals surface area contributed by atoms with Gasteiger partial charge in [-0.05, 0) is 18.2 Å². The summed E-state index contributed by atoms with van der Waals surface area (Å²) in [4.78, 5) is 12.9. The summed E-state index contributed by atoms with van der Waals surface area (Å²) < 4.78 is 21.5. The van der Waals surface area contributed by atoms with Gasteiger partial charge in [0.05, 0.1) is 13.7 Å². The van der Waals surface area contributed by atoms with Crippen molar-refractivity contribution in [3.63, 3.8) is 0 Å². The van der Waals surface area contributed by atoms with E-state index in [-0.39, 0.29) is 22.7 Å². The Balaban J connectivity index is 1.83. The molecular weight excluding hydrogens is 472 g/mol. The first-order valence-electron chi connectivity index (χ1n) is 10.2. The molecule has 0 radical (unpaired) electrons. The van der Waals surface area contributed by atoms with E-state index in [9.17, 15) is 45.6 Å². The van der Waals surface area contributed by atoms with Crippen LogP contribution in [0.3, 0.4) is 0 Å². The maximum Gasteiger partial charge on any atom is 0.238 e. The van der Waals surface area contributed by atoms with Crippen molar-refractivity contribution in [3.8, 4) is 45.8 Å². The highest BCUT2D eigenvalue weighted by Crippen LogP contribution is 2.45. The summed E-state index contributed by atoms with van der Waals surface area (Å²) in [6.07, 6.45) is -8.24. The zero-order chi connectivity index (χ0) is 25.6. The summed E-state index contributed by atoms with van der Waals surface area (Å²) in [7, 11) is 1.19. The highest BCUT2D eigenvalue weighted by atomic mass is 16.7. The highest BCUT2D eigenvalue weighted by molar-refractivity contribution is 5.91. The van der Waals surface area contributed by atoms with Crippen molar-refractivity contribution in [1.29, 1.82) is 0 Å². The predicted octanol–water partition coefficient (Wildman–Crippen LogP) is -0.530. The highest BCUT2D eigenvalue weighted by Gasteiger charge is 2.45. The molecule has 0 unspecified atom stereocenters. The molecule has 0 aliphatic carbocycles. The molecule has 4 rings (SSSR count). The van der Waals surface area contributed by atoms with E-state index in [1.807, 2.05) is 0 Å². The van der Waals surface area contributed by atoms with Crippen LogP contribution in [0.2, 0.25) is 0 Å². The van der Waals surface area contributed by atoms with Gasteiger partial charge in [0.25, 0.3) is 0 Å². The number of hydrogen-bond acceptors (Lipinski definition) is 13. The molecule has 5 atom stereocenters. The second-order valence-electron chi connectivity index (χ2n) is 7.76. The third-order valence-electron chi connectivity index (χ3n) is 5.59. The summed E-state index contributed by atoms with van der Waals surface area (Å²) >= 11 is 0. The maximum absolute atomic E-state index is 12.9. The van der Waals surface area contributed by atoms with Crippen molar-refractivity contribution in [2.75, 3.05) is 13.7 Å². The number of hydrogen-bond donors (Lipinski definition) is 8. The minimum Gasteiger partial charge on any atom is -0.504 e. The number of aliphatic hydroxyl groups is 4. The predicted molar refractivity (Wildman–Crippen MR) is 116 cm³/mol. The molecule has 1 saturated heterocycles. The van der Waals surface area contributed by atoms with E-state index >= 15 is 0 Å². The Morgan fingerprint density at radius 3 is 2.29 bits per heavy atom. The van der Waals surface area contributed by atoms with Gasteiger partial charge < -0.3 is 59.5 Å². The Morgan fingerprint density at radius 2 is 1.66 bits per heavy atom. The van der Waals surface area contributed by atoms with Gasteiger partial charge in [0, 0.05) is 11.6 Å². The molecule has 3 aromatic rings. The fourth-order valence-electron chi connectivity index (χ4n) is 3.69. The minimum atomic E-state index is -1.82. The molecule has 1 aliphatic heterocycles. The number of phenols is 3. The average molecular weight is 494 g/mol. The zero-order valence-corrected chi connectivity index (χ0v) is 18.0. The topological polar surface area (TPSA) is 220 Å². The Labute approximate surface area is 195 Å². The van der Waals surface area contributed by atoms with Crippen molar-refractivity contribution in [2.24, 2.45) is 0 Å². The van der Waals surface area contributed by atoms with E-state index < -0.39 is 76.9 Å². The number of methoxy groups -OCH3 is 1. The largest absolute Gasteiger partial charge is 0.504 e. The van der Waals surface area contributed by atoms with Gasteiger partial charge in [-0.1, -0.05) is 0 Å². The quantitative estimate of drug-likeness (QED) is 0.209. The third-order valence-corrected chi connectivity index (χ3v) is 5.59. The van der Waals surface area contributed by atoms with E-state index in [4.69, 9.17) is 18.6 Å². The molecule has 0 spiro atoms. The first-order chi connectivity index (χ1) is 16.6. The molecule has 35 heavy (non-hydrogen) atoms. The second-order valence-corrected chi connectivity index (χ2v) is 7.76. The number of ether oxygens (including phenoxy) is 3. The molecule has 0 saturated carbocycles. The SMILES string of the molecule is COc1cc2oc(-c3ccc(O)c(O)c3)c(O)c(=O)c2c(O)c1O[C@@H]1O[C@H](CO)[C@@H](O)[C@H](O)[C@H]1O. The van der Waals surface area contributed by atoms with Crippen LogP contribution in [0.1, 0.15) is 0 Å². The normalized spacial score (nSPS) is 24.4. The molecule has 0 bridgehead atoms. The molecule has 1 aliphatic rings. The molecular formula is C22H22O13. The molecule has 0 amide bonds. The number of aliphatic hydroxyl groups excluding tert-OH is 4. The van der Waals surface area contributed by atoms with Gasteiger partial charge >= 0.3 is 0 Å². The lowest BCUT2D eigenvalue weighted by Crippen LogP contribution is -2.60. The Hall–Kier alpha value is -3.75. The van der Waals surface area contributed by atoms with Gasteiger partial charge in [0.15, 0.2) is 28.8 Å². The van der Waals surface area contributed by atoms with Crippen LogP contribution in [0.25, 0.3) is 22.3 Å². The van der Waals surface area contributed by atoms with Crippen molar-refractivity contribution >= 4 is 11.0 Å². The summed E-state index contributed by atoms with van der Waals surface area (Å²) in [5.41, 5.74) is -1.31. The summed E-state index contributed by atoms with van der Waals surface area (Å²) in [5.74, 6) is -3.87. The lowest BCUT2D eigenvalue weighted by molar-refractivity contribution is -0.277. The number of phenolic OH excluding ortho intramolecular Hbond substituents is 3. The van der Waals surface area contributed by atoms with Crippen LogP contribution in [0.4, 0.5) is 0 Å². The maximum atomic E-state index is 12.9. The van der Waals surface area contributed by atoms with Crippen molar-refractivity contribution in [3.05, 3.63) is 34.5 Å². The standard InChI is InChI=1S/C22H22O13/c1-32-11-5-10-13(15(27)18(30)20(33-10)7-2-3-8(24)9(25)4-7)16(28)21(11)35-22-19(31)17(29)14(26)12(6-23)34-22/h2-5,12,14,17,19,22-26,28-31H,6H2,1H3/t12-,14-,17+,19-,22+/m1/s1. The molecule has 2 heterocycles. The summed E-state index contributed by atoms with van der Waals surface area (Å²) in [6, 6.07) is 4.57. The van der Waals surface area contributed by atoms with Crippen LogP contribution in [0.15, 0.2) is 33.5 Å².